The molecule has 1 saturated heterocycles. The Balaban J connectivity index is 2.06. The van der Waals surface area contributed by atoms with Gasteiger partial charge < -0.3 is 15.5 Å². The standard InChI is InChI=1S/C14H31N3/c1-4-14(15)6-5-7-16-8-10-17(11-9-16)12-13(2)3/h13-14H,4-12,15H2,1-3H3. The van der Waals surface area contributed by atoms with Gasteiger partial charge in [0.25, 0.3) is 0 Å². The molecule has 0 aromatic heterocycles. The fourth-order valence-electron chi connectivity index (χ4n) is 2.49. The molecule has 0 aromatic rings. The van der Waals surface area contributed by atoms with Crippen LogP contribution >= 0.6 is 0 Å². The van der Waals surface area contributed by atoms with Crippen LogP contribution in [0, 0.1) is 5.92 Å². The van der Waals surface area contributed by atoms with Gasteiger partial charge in [-0.25, -0.2) is 0 Å². The van der Waals surface area contributed by atoms with Gasteiger partial charge in [0.2, 0.25) is 0 Å². The lowest BCUT2D eigenvalue weighted by Gasteiger charge is -2.35. The molecule has 102 valence electrons. The van der Waals surface area contributed by atoms with E-state index < -0.39 is 0 Å². The molecule has 1 heterocycles. The van der Waals surface area contributed by atoms with Crippen LogP contribution in [0.15, 0.2) is 0 Å². The van der Waals surface area contributed by atoms with Gasteiger partial charge in [0, 0.05) is 38.8 Å². The maximum Gasteiger partial charge on any atom is 0.0110 e. The van der Waals surface area contributed by atoms with Crippen molar-refractivity contribution in [2.75, 3.05) is 39.3 Å². The van der Waals surface area contributed by atoms with Crippen LogP contribution in [0.4, 0.5) is 0 Å². The van der Waals surface area contributed by atoms with Gasteiger partial charge in [-0.2, -0.15) is 0 Å². The lowest BCUT2D eigenvalue weighted by Crippen LogP contribution is -2.47. The van der Waals surface area contributed by atoms with E-state index in [0.717, 1.165) is 12.3 Å². The number of hydrogen-bond acceptors (Lipinski definition) is 3. The van der Waals surface area contributed by atoms with E-state index >= 15 is 0 Å². The summed E-state index contributed by atoms with van der Waals surface area (Å²) < 4.78 is 0. The van der Waals surface area contributed by atoms with E-state index in [2.05, 4.69) is 30.6 Å². The summed E-state index contributed by atoms with van der Waals surface area (Å²) in [5.41, 5.74) is 5.94. The second kappa shape index (κ2) is 8.06. The molecule has 1 rings (SSSR count). The van der Waals surface area contributed by atoms with Crippen molar-refractivity contribution in [3.63, 3.8) is 0 Å². The maximum absolute atomic E-state index is 5.94. The van der Waals surface area contributed by atoms with E-state index in [9.17, 15) is 0 Å². The van der Waals surface area contributed by atoms with Gasteiger partial charge in [-0.3, -0.25) is 0 Å². The van der Waals surface area contributed by atoms with Crippen molar-refractivity contribution >= 4 is 0 Å². The average molecular weight is 241 g/mol. The molecule has 0 aromatic carbocycles. The molecule has 0 aliphatic carbocycles. The Morgan fingerprint density at radius 2 is 1.65 bits per heavy atom. The summed E-state index contributed by atoms with van der Waals surface area (Å²) in [7, 11) is 0. The number of nitrogens with two attached hydrogens (primary N) is 1. The summed E-state index contributed by atoms with van der Waals surface area (Å²) >= 11 is 0. The van der Waals surface area contributed by atoms with Crippen LogP contribution in [-0.4, -0.2) is 55.1 Å². The first-order valence-corrected chi connectivity index (χ1v) is 7.32. The SMILES string of the molecule is CCC(N)CCCN1CCN(CC(C)C)CC1. The van der Waals surface area contributed by atoms with Crippen LogP contribution in [0.25, 0.3) is 0 Å². The third kappa shape index (κ3) is 6.39. The summed E-state index contributed by atoms with van der Waals surface area (Å²) in [6, 6.07) is 0.414. The van der Waals surface area contributed by atoms with Crippen LogP contribution in [0.5, 0.6) is 0 Å². The van der Waals surface area contributed by atoms with E-state index in [-0.39, 0.29) is 0 Å². The second-order valence-corrected chi connectivity index (χ2v) is 5.85. The van der Waals surface area contributed by atoms with Crippen LogP contribution in [0.2, 0.25) is 0 Å². The van der Waals surface area contributed by atoms with Crippen LogP contribution in [-0.2, 0) is 0 Å². The molecular formula is C14H31N3. The third-order valence-electron chi connectivity index (χ3n) is 3.66. The molecule has 0 spiro atoms. The molecule has 3 heteroatoms. The topological polar surface area (TPSA) is 32.5 Å². The molecule has 2 N–H and O–H groups in total. The number of hydrogen-bond donors (Lipinski definition) is 1. The molecule has 0 saturated carbocycles. The minimum atomic E-state index is 0.414. The Hall–Kier alpha value is -0.120. The quantitative estimate of drug-likeness (QED) is 0.737. The fourth-order valence-corrected chi connectivity index (χ4v) is 2.49. The largest absolute Gasteiger partial charge is 0.328 e. The molecular weight excluding hydrogens is 210 g/mol. The van der Waals surface area contributed by atoms with Crippen molar-refractivity contribution in [3.05, 3.63) is 0 Å². The van der Waals surface area contributed by atoms with Gasteiger partial charge in [0.1, 0.15) is 0 Å². The Morgan fingerprint density at radius 3 is 2.18 bits per heavy atom. The van der Waals surface area contributed by atoms with Crippen molar-refractivity contribution in [1.82, 2.24) is 9.80 Å². The Labute approximate surface area is 107 Å². The first-order valence-electron chi connectivity index (χ1n) is 7.32. The molecule has 0 radical (unpaired) electrons. The predicted molar refractivity (Wildman–Crippen MR) is 75.2 cm³/mol. The zero-order chi connectivity index (χ0) is 12.7. The van der Waals surface area contributed by atoms with Crippen molar-refractivity contribution in [3.8, 4) is 0 Å². The molecule has 3 nitrogen and oxygen atoms in total. The Morgan fingerprint density at radius 1 is 1.06 bits per heavy atom. The summed E-state index contributed by atoms with van der Waals surface area (Å²) in [5.74, 6) is 0.795. The highest BCUT2D eigenvalue weighted by molar-refractivity contribution is 4.73. The van der Waals surface area contributed by atoms with E-state index in [4.69, 9.17) is 5.73 Å². The first-order chi connectivity index (χ1) is 8.11. The number of rotatable bonds is 7. The molecule has 1 unspecified atom stereocenters. The molecule has 1 atom stereocenters. The van der Waals surface area contributed by atoms with Crippen LogP contribution in [0.3, 0.4) is 0 Å². The minimum Gasteiger partial charge on any atom is -0.328 e. The van der Waals surface area contributed by atoms with Gasteiger partial charge >= 0.3 is 0 Å². The van der Waals surface area contributed by atoms with Gasteiger partial charge in [-0.05, 0) is 31.7 Å². The van der Waals surface area contributed by atoms with Crippen LogP contribution in [0.1, 0.15) is 40.0 Å². The van der Waals surface area contributed by atoms with E-state index in [1.165, 1.54) is 52.1 Å². The van der Waals surface area contributed by atoms with Gasteiger partial charge in [0.05, 0.1) is 0 Å². The lowest BCUT2D eigenvalue weighted by molar-refractivity contribution is 0.120. The summed E-state index contributed by atoms with van der Waals surface area (Å²) in [6.45, 7) is 14.3. The minimum absolute atomic E-state index is 0.414. The molecule has 0 bridgehead atoms. The van der Waals surface area contributed by atoms with Crippen molar-refractivity contribution < 1.29 is 0 Å². The zero-order valence-corrected chi connectivity index (χ0v) is 12.0. The lowest BCUT2D eigenvalue weighted by atomic mass is 10.1. The summed E-state index contributed by atoms with van der Waals surface area (Å²) in [6.07, 6.45) is 3.56. The Kier molecular flexibility index (Phi) is 7.09. The highest BCUT2D eigenvalue weighted by Gasteiger charge is 2.16. The predicted octanol–water partition coefficient (Wildman–Crippen LogP) is 1.78. The van der Waals surface area contributed by atoms with Gasteiger partial charge in [-0.15, -0.1) is 0 Å². The van der Waals surface area contributed by atoms with Crippen molar-refractivity contribution in [2.24, 2.45) is 11.7 Å². The second-order valence-electron chi connectivity index (χ2n) is 5.85. The van der Waals surface area contributed by atoms with Gasteiger partial charge in [-0.1, -0.05) is 20.8 Å². The monoisotopic (exact) mass is 241 g/mol. The molecule has 1 aliphatic rings. The van der Waals surface area contributed by atoms with Crippen molar-refractivity contribution in [2.45, 2.75) is 46.1 Å². The van der Waals surface area contributed by atoms with Gasteiger partial charge in [0.15, 0.2) is 0 Å². The first kappa shape index (κ1) is 14.9. The zero-order valence-electron chi connectivity index (χ0n) is 12.0. The molecule has 0 amide bonds. The Bertz CT molecular complexity index is 186. The molecule has 17 heavy (non-hydrogen) atoms. The van der Waals surface area contributed by atoms with Crippen LogP contribution < -0.4 is 5.73 Å². The summed E-state index contributed by atoms with van der Waals surface area (Å²) in [4.78, 5) is 5.19. The molecule has 1 aliphatic heterocycles. The average Bonchev–Trinajstić information content (AvgIpc) is 2.30. The number of piperazine rings is 1. The molecule has 1 fully saturated rings. The smallest absolute Gasteiger partial charge is 0.0110 e. The highest BCUT2D eigenvalue weighted by atomic mass is 15.3. The maximum atomic E-state index is 5.94. The normalized spacial score (nSPS) is 21.0. The van der Waals surface area contributed by atoms with E-state index in [0.29, 0.717) is 6.04 Å². The summed E-state index contributed by atoms with van der Waals surface area (Å²) in [5, 5.41) is 0. The third-order valence-corrected chi connectivity index (χ3v) is 3.66. The van der Waals surface area contributed by atoms with Crippen molar-refractivity contribution in [1.29, 1.82) is 0 Å². The fraction of sp³-hybridized carbons (Fsp3) is 1.00. The highest BCUT2D eigenvalue weighted by Crippen LogP contribution is 2.07. The van der Waals surface area contributed by atoms with E-state index in [1.54, 1.807) is 0 Å². The van der Waals surface area contributed by atoms with E-state index in [1.807, 2.05) is 0 Å². The number of nitrogens with zero attached hydrogens (tertiary/aromatic N) is 2.